The van der Waals surface area contributed by atoms with Crippen LogP contribution in [0.15, 0.2) is 32.9 Å². The fourth-order valence-electron chi connectivity index (χ4n) is 1.99. The number of ether oxygens (including phenoxy) is 1. The third kappa shape index (κ3) is 6.87. The Labute approximate surface area is 134 Å². The Morgan fingerprint density at radius 2 is 2.23 bits per heavy atom. The highest BCUT2D eigenvalue weighted by Crippen LogP contribution is 2.23. The quantitative estimate of drug-likeness (QED) is 0.499. The predicted molar refractivity (Wildman–Crippen MR) is 95.5 cm³/mol. The first-order valence-corrected chi connectivity index (χ1v) is 7.13. The molecular formula is C16H31N5O. The van der Waals surface area contributed by atoms with Crippen LogP contribution in [-0.2, 0) is 4.74 Å². The van der Waals surface area contributed by atoms with Crippen LogP contribution < -0.4 is 11.1 Å². The van der Waals surface area contributed by atoms with Crippen molar-refractivity contribution in [1.82, 2.24) is 10.2 Å². The molecule has 0 bridgehead atoms. The van der Waals surface area contributed by atoms with E-state index >= 15 is 0 Å². The fraction of sp³-hybridized carbons (Fsp3) is 0.625. The van der Waals surface area contributed by atoms with Crippen LogP contribution in [-0.4, -0.2) is 64.5 Å². The fourth-order valence-corrected chi connectivity index (χ4v) is 1.99. The number of hydrogen-bond donors (Lipinski definition) is 2. The lowest BCUT2D eigenvalue weighted by molar-refractivity contribution is 0.163. The summed E-state index contributed by atoms with van der Waals surface area (Å²) in [4.78, 5) is 10.6. The van der Waals surface area contributed by atoms with Crippen molar-refractivity contribution < 1.29 is 4.74 Å². The molecule has 6 heteroatoms. The number of methoxy groups -OCH3 is 1. The number of nitrogens with zero attached hydrogens (tertiary/aromatic N) is 3. The van der Waals surface area contributed by atoms with Crippen LogP contribution in [0.5, 0.6) is 0 Å². The lowest BCUT2D eigenvalue weighted by atomic mass is 10.1. The molecule has 0 aromatic heterocycles. The molecule has 0 heterocycles. The van der Waals surface area contributed by atoms with Gasteiger partial charge in [-0.2, -0.15) is 0 Å². The number of nitrogens with two attached hydrogens (primary N) is 1. The van der Waals surface area contributed by atoms with E-state index in [0.29, 0.717) is 12.4 Å². The Morgan fingerprint density at radius 1 is 1.50 bits per heavy atom. The highest BCUT2D eigenvalue weighted by Gasteiger charge is 2.14. The highest BCUT2D eigenvalue weighted by atomic mass is 16.5. The smallest absolute Gasteiger partial charge is 0.121 e. The summed E-state index contributed by atoms with van der Waals surface area (Å²) in [5.74, 6) is 0.625. The normalized spacial score (nSPS) is 15.5. The first-order chi connectivity index (χ1) is 10.1. The van der Waals surface area contributed by atoms with Gasteiger partial charge < -0.3 is 20.7 Å². The molecular weight excluding hydrogens is 278 g/mol. The summed E-state index contributed by atoms with van der Waals surface area (Å²) >= 11 is 0. The maximum absolute atomic E-state index is 6.07. The van der Waals surface area contributed by atoms with E-state index < -0.39 is 0 Å². The van der Waals surface area contributed by atoms with Gasteiger partial charge in [-0.15, -0.1) is 0 Å². The Bertz CT molecular complexity index is 451. The van der Waals surface area contributed by atoms with Crippen molar-refractivity contribution in [3.8, 4) is 0 Å². The van der Waals surface area contributed by atoms with Gasteiger partial charge in [-0.1, -0.05) is 7.43 Å². The number of nitrogens with one attached hydrogen (secondary N) is 1. The largest absolute Gasteiger partial charge is 0.384 e. The number of likely N-dealkylation sites (N-methyl/N-ethyl adjacent to an activating group) is 1. The third-order valence-electron chi connectivity index (χ3n) is 3.35. The minimum atomic E-state index is 0. The molecule has 1 aliphatic rings. The second-order valence-corrected chi connectivity index (χ2v) is 5.14. The first-order valence-electron chi connectivity index (χ1n) is 7.13. The number of aliphatic imine (C=N–C) groups is 2. The Kier molecular flexibility index (Phi) is 10.2. The predicted octanol–water partition coefficient (Wildman–Crippen LogP) is 1.41. The maximum Gasteiger partial charge on any atom is 0.121 e. The molecule has 0 fully saturated rings. The van der Waals surface area contributed by atoms with E-state index in [1.54, 1.807) is 20.5 Å². The van der Waals surface area contributed by atoms with Crippen LogP contribution in [0, 0.1) is 0 Å². The Balaban J connectivity index is 0.00000441. The van der Waals surface area contributed by atoms with Gasteiger partial charge in [0.1, 0.15) is 5.84 Å². The van der Waals surface area contributed by atoms with Crippen LogP contribution >= 0.6 is 0 Å². The zero-order chi connectivity index (χ0) is 15.7. The number of rotatable bonds is 9. The molecule has 0 radical (unpaired) electrons. The monoisotopic (exact) mass is 309 g/mol. The van der Waals surface area contributed by atoms with Crippen molar-refractivity contribution >= 4 is 12.2 Å². The molecule has 1 rings (SSSR count). The van der Waals surface area contributed by atoms with Crippen molar-refractivity contribution in [2.24, 2.45) is 15.7 Å². The van der Waals surface area contributed by atoms with E-state index in [2.05, 4.69) is 34.2 Å². The molecule has 0 unspecified atom stereocenters. The molecule has 126 valence electrons. The van der Waals surface area contributed by atoms with E-state index in [0.717, 1.165) is 37.4 Å². The standard InChI is InChI=1S/C15H27N5O.CH4/c1-12-9-13(10-14(12)19-11-17-2)15(16)18-5-6-20(3)7-8-21-4;/h10-11H,5-9H2,1-4H3,(H2,16,18)(H,17,19);1H4. The lowest BCUT2D eigenvalue weighted by Crippen LogP contribution is -2.26. The van der Waals surface area contributed by atoms with Gasteiger partial charge in [0, 0.05) is 32.9 Å². The van der Waals surface area contributed by atoms with E-state index in [4.69, 9.17) is 10.5 Å². The highest BCUT2D eigenvalue weighted by molar-refractivity contribution is 5.98. The summed E-state index contributed by atoms with van der Waals surface area (Å²) in [6.07, 6.45) is 4.57. The SMILES string of the molecule is C.CN=CNC1=C(C)CC(C(N)=NCCN(C)CCOC)=C1. The van der Waals surface area contributed by atoms with E-state index in [-0.39, 0.29) is 7.43 Å². The average molecular weight is 309 g/mol. The van der Waals surface area contributed by atoms with Crippen LogP contribution in [0.1, 0.15) is 20.8 Å². The van der Waals surface area contributed by atoms with Crippen LogP contribution in [0.4, 0.5) is 0 Å². The van der Waals surface area contributed by atoms with Gasteiger partial charge >= 0.3 is 0 Å². The van der Waals surface area contributed by atoms with Gasteiger partial charge in [0.2, 0.25) is 0 Å². The Morgan fingerprint density at radius 3 is 2.86 bits per heavy atom. The van der Waals surface area contributed by atoms with Crippen molar-refractivity contribution in [3.05, 3.63) is 22.9 Å². The van der Waals surface area contributed by atoms with Gasteiger partial charge in [-0.3, -0.25) is 9.98 Å². The number of hydrogen-bond acceptors (Lipinski definition) is 4. The summed E-state index contributed by atoms with van der Waals surface area (Å²) in [5.41, 5.74) is 9.45. The van der Waals surface area contributed by atoms with E-state index in [9.17, 15) is 0 Å². The van der Waals surface area contributed by atoms with Crippen LogP contribution in [0.25, 0.3) is 0 Å². The minimum Gasteiger partial charge on any atom is -0.384 e. The molecule has 0 aromatic carbocycles. The molecule has 0 aromatic rings. The third-order valence-corrected chi connectivity index (χ3v) is 3.35. The molecule has 22 heavy (non-hydrogen) atoms. The molecule has 1 aliphatic carbocycles. The molecule has 0 saturated carbocycles. The molecule has 0 atom stereocenters. The van der Waals surface area contributed by atoms with E-state index in [1.807, 2.05) is 6.08 Å². The van der Waals surface area contributed by atoms with Crippen molar-refractivity contribution in [1.29, 1.82) is 0 Å². The van der Waals surface area contributed by atoms with Gasteiger partial charge in [0.15, 0.2) is 0 Å². The zero-order valence-electron chi connectivity index (χ0n) is 13.5. The summed E-state index contributed by atoms with van der Waals surface area (Å²) in [7, 11) is 5.50. The summed E-state index contributed by atoms with van der Waals surface area (Å²) < 4.78 is 5.04. The van der Waals surface area contributed by atoms with Gasteiger partial charge in [-0.05, 0) is 37.6 Å². The van der Waals surface area contributed by atoms with Gasteiger partial charge in [0.05, 0.1) is 19.5 Å². The number of amidine groups is 1. The average Bonchev–Trinajstić information content (AvgIpc) is 2.84. The topological polar surface area (TPSA) is 75.2 Å². The van der Waals surface area contributed by atoms with E-state index in [1.165, 1.54) is 5.57 Å². The summed E-state index contributed by atoms with van der Waals surface area (Å²) in [6.45, 7) is 5.29. The zero-order valence-corrected chi connectivity index (χ0v) is 13.5. The van der Waals surface area contributed by atoms with Crippen molar-refractivity contribution in [3.63, 3.8) is 0 Å². The molecule has 3 N–H and O–H groups in total. The van der Waals surface area contributed by atoms with Crippen molar-refractivity contribution in [2.45, 2.75) is 20.8 Å². The molecule has 0 amide bonds. The summed E-state index contributed by atoms with van der Waals surface area (Å²) in [6, 6.07) is 0. The summed E-state index contributed by atoms with van der Waals surface area (Å²) in [5, 5.41) is 3.14. The number of allylic oxidation sites excluding steroid dienone is 2. The lowest BCUT2D eigenvalue weighted by Gasteiger charge is -2.14. The van der Waals surface area contributed by atoms with Crippen LogP contribution in [0.2, 0.25) is 0 Å². The first kappa shape index (κ1) is 20.3. The van der Waals surface area contributed by atoms with Crippen molar-refractivity contribution in [2.75, 3.05) is 47.4 Å². The second kappa shape index (κ2) is 11.0. The maximum atomic E-state index is 6.07. The molecule has 0 aliphatic heterocycles. The Hall–Kier alpha value is -1.66. The minimum absolute atomic E-state index is 0. The molecule has 6 nitrogen and oxygen atoms in total. The molecule has 0 spiro atoms. The molecule has 0 saturated heterocycles. The van der Waals surface area contributed by atoms with Crippen LogP contribution in [0.3, 0.4) is 0 Å². The van der Waals surface area contributed by atoms with Gasteiger partial charge in [0.25, 0.3) is 0 Å². The second-order valence-electron chi connectivity index (χ2n) is 5.14. The van der Waals surface area contributed by atoms with Gasteiger partial charge in [-0.25, -0.2) is 0 Å².